The summed E-state index contributed by atoms with van der Waals surface area (Å²) in [6.07, 6.45) is 4.89. The average Bonchev–Trinajstić information content (AvgIpc) is 2.04. The first-order chi connectivity index (χ1) is 5.29. The summed E-state index contributed by atoms with van der Waals surface area (Å²) < 4.78 is 11.2. The third kappa shape index (κ3) is 1.77. The van der Waals surface area contributed by atoms with E-state index in [-0.39, 0.29) is 0 Å². The number of halogens is 1. The van der Waals surface area contributed by atoms with E-state index in [9.17, 15) is 0 Å². The highest BCUT2D eigenvalue weighted by Gasteiger charge is 2.15. The van der Waals surface area contributed by atoms with Crippen LogP contribution >= 0.6 is 15.9 Å². The van der Waals surface area contributed by atoms with Crippen molar-refractivity contribution in [3.8, 4) is 0 Å². The summed E-state index contributed by atoms with van der Waals surface area (Å²) in [5.41, 5.74) is 0. The Balaban J connectivity index is 2.86. The quantitative estimate of drug-likeness (QED) is 0.708. The molecule has 11 heavy (non-hydrogen) atoms. The molecule has 0 atom stereocenters. The van der Waals surface area contributed by atoms with Crippen LogP contribution in [0.2, 0.25) is 0 Å². The van der Waals surface area contributed by atoms with Crippen molar-refractivity contribution >= 4 is 15.9 Å². The van der Waals surface area contributed by atoms with Gasteiger partial charge < -0.3 is 9.47 Å². The van der Waals surface area contributed by atoms with Crippen LogP contribution in [0.4, 0.5) is 0 Å². The highest BCUT2D eigenvalue weighted by Crippen LogP contribution is 2.28. The van der Waals surface area contributed by atoms with E-state index in [1.807, 2.05) is 12.5 Å². The zero-order chi connectivity index (χ0) is 8.27. The first-order valence-corrected chi connectivity index (χ1v) is 4.10. The van der Waals surface area contributed by atoms with Gasteiger partial charge in [0.1, 0.15) is 0 Å². The zero-order valence-corrected chi connectivity index (χ0v) is 8.14. The van der Waals surface area contributed by atoms with Crippen LogP contribution in [0.1, 0.15) is 6.42 Å². The molecule has 61 valence electrons. The van der Waals surface area contributed by atoms with Crippen molar-refractivity contribution in [1.29, 1.82) is 0 Å². The molecule has 0 saturated heterocycles. The summed E-state index contributed by atoms with van der Waals surface area (Å²) in [6, 6.07) is 0. The van der Waals surface area contributed by atoms with Gasteiger partial charge in [-0.2, -0.15) is 0 Å². The standard InChI is InChI=1S/C8H10BrO2/c1-10-7-5-3-4-6(9)8(7)11-2/h4-5H,3H2,1-2H3. The van der Waals surface area contributed by atoms with Crippen molar-refractivity contribution in [2.75, 3.05) is 14.2 Å². The third-order valence-corrected chi connectivity index (χ3v) is 2.15. The van der Waals surface area contributed by atoms with E-state index in [0.29, 0.717) is 0 Å². The molecule has 2 nitrogen and oxygen atoms in total. The normalized spacial score (nSPS) is 17.9. The van der Waals surface area contributed by atoms with E-state index in [2.05, 4.69) is 15.9 Å². The first kappa shape index (κ1) is 8.65. The maximum absolute atomic E-state index is 5.12. The Morgan fingerprint density at radius 2 is 2.09 bits per heavy atom. The van der Waals surface area contributed by atoms with Gasteiger partial charge in [0.25, 0.3) is 0 Å². The molecular formula is C8H10BrO2. The second-order valence-corrected chi connectivity index (χ2v) is 2.95. The zero-order valence-electron chi connectivity index (χ0n) is 6.56. The first-order valence-electron chi connectivity index (χ1n) is 3.31. The number of rotatable bonds is 2. The SMILES string of the molecule is COC1=CC[CH]C(Br)=C1OC. The van der Waals surface area contributed by atoms with E-state index < -0.39 is 0 Å². The molecule has 1 rings (SSSR count). The minimum absolute atomic E-state index is 0.763. The minimum atomic E-state index is 0.763. The Morgan fingerprint density at radius 1 is 1.36 bits per heavy atom. The van der Waals surface area contributed by atoms with Gasteiger partial charge in [-0.05, 0) is 12.5 Å². The molecule has 0 bridgehead atoms. The number of hydrogen-bond donors (Lipinski definition) is 0. The Hall–Kier alpha value is -0.440. The minimum Gasteiger partial charge on any atom is -0.493 e. The van der Waals surface area contributed by atoms with E-state index in [1.54, 1.807) is 14.2 Å². The second-order valence-electron chi connectivity index (χ2n) is 2.09. The molecular weight excluding hydrogens is 208 g/mol. The molecule has 0 aromatic rings. The largest absolute Gasteiger partial charge is 0.493 e. The van der Waals surface area contributed by atoms with Crippen LogP contribution < -0.4 is 0 Å². The van der Waals surface area contributed by atoms with Crippen LogP contribution in [0, 0.1) is 6.42 Å². The lowest BCUT2D eigenvalue weighted by Crippen LogP contribution is -2.02. The van der Waals surface area contributed by atoms with Gasteiger partial charge in [-0.25, -0.2) is 0 Å². The molecule has 1 radical (unpaired) electrons. The third-order valence-electron chi connectivity index (χ3n) is 1.47. The number of methoxy groups -OCH3 is 2. The molecule has 0 heterocycles. The molecule has 0 N–H and O–H groups in total. The van der Waals surface area contributed by atoms with Crippen molar-refractivity contribution in [3.05, 3.63) is 28.5 Å². The van der Waals surface area contributed by atoms with Crippen LogP contribution in [0.5, 0.6) is 0 Å². The van der Waals surface area contributed by atoms with Gasteiger partial charge in [-0.1, -0.05) is 15.9 Å². The fourth-order valence-corrected chi connectivity index (χ4v) is 1.49. The lowest BCUT2D eigenvalue weighted by molar-refractivity contribution is 0.217. The number of allylic oxidation sites excluding steroid dienone is 2. The summed E-state index contributed by atoms with van der Waals surface area (Å²) in [5.74, 6) is 1.56. The molecule has 1 aliphatic rings. The average molecular weight is 218 g/mol. The molecule has 0 amide bonds. The van der Waals surface area contributed by atoms with Gasteiger partial charge in [-0.15, -0.1) is 0 Å². The Labute approximate surface area is 75.0 Å². The van der Waals surface area contributed by atoms with E-state index in [0.717, 1.165) is 22.4 Å². The van der Waals surface area contributed by atoms with Gasteiger partial charge >= 0.3 is 0 Å². The highest BCUT2D eigenvalue weighted by molar-refractivity contribution is 9.11. The van der Waals surface area contributed by atoms with Crippen molar-refractivity contribution in [2.24, 2.45) is 0 Å². The van der Waals surface area contributed by atoms with Crippen molar-refractivity contribution in [2.45, 2.75) is 6.42 Å². The summed E-state index contributed by atoms with van der Waals surface area (Å²) in [5, 5.41) is 0. The van der Waals surface area contributed by atoms with E-state index in [1.165, 1.54) is 0 Å². The van der Waals surface area contributed by atoms with E-state index in [4.69, 9.17) is 9.47 Å². The molecule has 0 unspecified atom stereocenters. The molecule has 0 saturated carbocycles. The summed E-state index contributed by atoms with van der Waals surface area (Å²) in [6.45, 7) is 0. The van der Waals surface area contributed by atoms with Crippen LogP contribution in [-0.4, -0.2) is 14.2 Å². The summed E-state index contributed by atoms with van der Waals surface area (Å²) >= 11 is 3.37. The number of ether oxygens (including phenoxy) is 2. The van der Waals surface area contributed by atoms with Crippen molar-refractivity contribution in [1.82, 2.24) is 0 Å². The van der Waals surface area contributed by atoms with Crippen LogP contribution in [0.25, 0.3) is 0 Å². The Kier molecular flexibility index (Phi) is 3.00. The highest BCUT2D eigenvalue weighted by atomic mass is 79.9. The smallest absolute Gasteiger partial charge is 0.170 e. The topological polar surface area (TPSA) is 18.5 Å². The lowest BCUT2D eigenvalue weighted by Gasteiger charge is -2.15. The van der Waals surface area contributed by atoms with Crippen LogP contribution in [0.3, 0.4) is 0 Å². The molecule has 0 aromatic heterocycles. The Bertz CT molecular complexity index is 206. The fraction of sp³-hybridized carbons (Fsp3) is 0.375. The fourth-order valence-electron chi connectivity index (χ4n) is 0.947. The monoisotopic (exact) mass is 217 g/mol. The number of hydrogen-bond acceptors (Lipinski definition) is 2. The summed E-state index contributed by atoms with van der Waals surface area (Å²) in [7, 11) is 3.26. The van der Waals surface area contributed by atoms with Crippen molar-refractivity contribution < 1.29 is 9.47 Å². The molecule has 0 spiro atoms. The molecule has 3 heteroatoms. The molecule has 1 aliphatic carbocycles. The molecule has 0 aromatic carbocycles. The van der Waals surface area contributed by atoms with E-state index >= 15 is 0 Å². The van der Waals surface area contributed by atoms with Crippen LogP contribution in [-0.2, 0) is 9.47 Å². The predicted octanol–water partition coefficient (Wildman–Crippen LogP) is 2.38. The lowest BCUT2D eigenvalue weighted by atomic mass is 10.1. The van der Waals surface area contributed by atoms with Crippen molar-refractivity contribution in [3.63, 3.8) is 0 Å². The second kappa shape index (κ2) is 3.81. The van der Waals surface area contributed by atoms with Crippen LogP contribution in [0.15, 0.2) is 22.1 Å². The Morgan fingerprint density at radius 3 is 2.55 bits per heavy atom. The van der Waals surface area contributed by atoms with Gasteiger partial charge in [0.05, 0.1) is 14.2 Å². The maximum Gasteiger partial charge on any atom is 0.170 e. The predicted molar refractivity (Wildman–Crippen MR) is 47.0 cm³/mol. The maximum atomic E-state index is 5.12. The van der Waals surface area contributed by atoms with Gasteiger partial charge in [0.15, 0.2) is 11.5 Å². The van der Waals surface area contributed by atoms with Gasteiger partial charge in [0, 0.05) is 10.9 Å². The molecule has 0 aliphatic heterocycles. The van der Waals surface area contributed by atoms with Gasteiger partial charge in [0.2, 0.25) is 0 Å². The summed E-state index contributed by atoms with van der Waals surface area (Å²) in [4.78, 5) is 0. The van der Waals surface area contributed by atoms with Gasteiger partial charge in [-0.3, -0.25) is 0 Å². The molecule has 0 fully saturated rings.